The summed E-state index contributed by atoms with van der Waals surface area (Å²) < 4.78 is 0. The van der Waals surface area contributed by atoms with Crippen LogP contribution in [0.15, 0.2) is 0 Å². The first-order valence-corrected chi connectivity index (χ1v) is 9.27. The lowest BCUT2D eigenvalue weighted by atomic mass is 9.93. The zero-order valence-electron chi connectivity index (χ0n) is 15.2. The largest absolute Gasteiger partial charge is 0.341 e. The van der Waals surface area contributed by atoms with Crippen molar-refractivity contribution in [2.75, 3.05) is 45.8 Å². The summed E-state index contributed by atoms with van der Waals surface area (Å²) in [6.07, 6.45) is 4.27. The lowest BCUT2D eigenvalue weighted by Gasteiger charge is -2.29. The summed E-state index contributed by atoms with van der Waals surface area (Å²) in [5.41, 5.74) is 0. The quantitative estimate of drug-likeness (QED) is 0.673. The molecule has 0 radical (unpaired) electrons. The number of likely N-dealkylation sites (N-methyl/N-ethyl adjacent to an activating group) is 1. The Kier molecular flexibility index (Phi) is 9.73. The second kappa shape index (κ2) is 11.0. The lowest BCUT2D eigenvalue weighted by Crippen LogP contribution is -2.40. The van der Waals surface area contributed by atoms with E-state index in [4.69, 9.17) is 0 Å². The van der Waals surface area contributed by atoms with Crippen molar-refractivity contribution < 1.29 is 4.79 Å². The Balaban J connectivity index is 2.41. The van der Waals surface area contributed by atoms with Gasteiger partial charge in [-0.3, -0.25) is 4.79 Å². The third-order valence-electron chi connectivity index (χ3n) is 4.74. The molecule has 0 unspecified atom stereocenters. The molecule has 1 fully saturated rings. The number of carbonyl (C=O) groups is 1. The fourth-order valence-electron chi connectivity index (χ4n) is 3.22. The standard InChI is InChI=1S/C18H37N3O/c1-5-20(6-2)13-14-21(15-16(3)4)18(22)8-7-17-9-11-19-12-10-17/h16-17,19H,5-15H2,1-4H3. The minimum absolute atomic E-state index is 0.361. The number of hydrogen-bond acceptors (Lipinski definition) is 3. The van der Waals surface area contributed by atoms with Crippen molar-refractivity contribution in [3.05, 3.63) is 0 Å². The van der Waals surface area contributed by atoms with Crippen LogP contribution in [0.25, 0.3) is 0 Å². The first-order valence-electron chi connectivity index (χ1n) is 9.27. The van der Waals surface area contributed by atoms with Crippen molar-refractivity contribution in [1.82, 2.24) is 15.1 Å². The molecule has 0 aliphatic carbocycles. The molecule has 1 heterocycles. The molecule has 4 nitrogen and oxygen atoms in total. The molecule has 22 heavy (non-hydrogen) atoms. The summed E-state index contributed by atoms with van der Waals surface area (Å²) in [4.78, 5) is 17.1. The van der Waals surface area contributed by atoms with Crippen LogP contribution in [0.3, 0.4) is 0 Å². The molecule has 0 spiro atoms. The molecule has 0 atom stereocenters. The maximum atomic E-state index is 12.6. The summed E-state index contributed by atoms with van der Waals surface area (Å²) >= 11 is 0. The highest BCUT2D eigenvalue weighted by atomic mass is 16.2. The van der Waals surface area contributed by atoms with Gasteiger partial charge in [-0.25, -0.2) is 0 Å². The number of nitrogens with zero attached hydrogens (tertiary/aromatic N) is 2. The first-order chi connectivity index (χ1) is 10.6. The van der Waals surface area contributed by atoms with Gasteiger partial charge in [0.1, 0.15) is 0 Å². The van der Waals surface area contributed by atoms with E-state index in [0.717, 1.165) is 64.6 Å². The molecule has 0 saturated carbocycles. The van der Waals surface area contributed by atoms with Gasteiger partial charge in [0.15, 0.2) is 0 Å². The van der Waals surface area contributed by atoms with Crippen LogP contribution in [0.2, 0.25) is 0 Å². The van der Waals surface area contributed by atoms with Gasteiger partial charge in [0.25, 0.3) is 0 Å². The molecule has 1 N–H and O–H groups in total. The van der Waals surface area contributed by atoms with E-state index in [9.17, 15) is 4.79 Å². The Morgan fingerprint density at radius 2 is 1.77 bits per heavy atom. The van der Waals surface area contributed by atoms with Crippen molar-refractivity contribution in [2.24, 2.45) is 11.8 Å². The van der Waals surface area contributed by atoms with E-state index in [1.54, 1.807) is 0 Å². The molecular weight excluding hydrogens is 274 g/mol. The molecule has 1 aliphatic rings. The van der Waals surface area contributed by atoms with Crippen LogP contribution >= 0.6 is 0 Å². The topological polar surface area (TPSA) is 35.6 Å². The van der Waals surface area contributed by atoms with Gasteiger partial charge in [-0.05, 0) is 57.3 Å². The minimum atomic E-state index is 0.361. The Hall–Kier alpha value is -0.610. The smallest absolute Gasteiger partial charge is 0.222 e. The average Bonchev–Trinajstić information content (AvgIpc) is 2.53. The van der Waals surface area contributed by atoms with Crippen LogP contribution < -0.4 is 5.32 Å². The van der Waals surface area contributed by atoms with E-state index in [2.05, 4.69) is 42.8 Å². The summed E-state index contributed by atoms with van der Waals surface area (Å²) in [5, 5.41) is 3.40. The Morgan fingerprint density at radius 3 is 2.32 bits per heavy atom. The van der Waals surface area contributed by atoms with E-state index in [1.165, 1.54) is 12.8 Å². The predicted molar refractivity (Wildman–Crippen MR) is 94.0 cm³/mol. The van der Waals surface area contributed by atoms with E-state index in [0.29, 0.717) is 11.8 Å². The van der Waals surface area contributed by atoms with Crippen LogP contribution in [0.1, 0.15) is 53.4 Å². The van der Waals surface area contributed by atoms with Gasteiger partial charge >= 0.3 is 0 Å². The fraction of sp³-hybridized carbons (Fsp3) is 0.944. The number of piperidine rings is 1. The van der Waals surface area contributed by atoms with Gasteiger partial charge in [0.2, 0.25) is 5.91 Å². The molecule has 0 aromatic heterocycles. The molecule has 1 amide bonds. The normalized spacial score (nSPS) is 16.5. The van der Waals surface area contributed by atoms with Crippen LogP contribution in [0.5, 0.6) is 0 Å². The molecule has 130 valence electrons. The molecular formula is C18H37N3O. The molecule has 1 rings (SSSR count). The van der Waals surface area contributed by atoms with Gasteiger partial charge in [-0.1, -0.05) is 27.7 Å². The van der Waals surface area contributed by atoms with Crippen LogP contribution in [0.4, 0.5) is 0 Å². The summed E-state index contributed by atoms with van der Waals surface area (Å²) in [5.74, 6) is 1.65. The van der Waals surface area contributed by atoms with E-state index in [1.807, 2.05) is 0 Å². The summed E-state index contributed by atoms with van der Waals surface area (Å²) in [7, 11) is 0. The van der Waals surface area contributed by atoms with Gasteiger partial charge in [-0.2, -0.15) is 0 Å². The third kappa shape index (κ3) is 7.59. The maximum absolute atomic E-state index is 12.6. The van der Waals surface area contributed by atoms with E-state index >= 15 is 0 Å². The van der Waals surface area contributed by atoms with Crippen molar-refractivity contribution in [3.8, 4) is 0 Å². The summed E-state index contributed by atoms with van der Waals surface area (Å²) in [6.45, 7) is 15.9. The first kappa shape index (κ1) is 19.4. The van der Waals surface area contributed by atoms with Crippen LogP contribution in [-0.4, -0.2) is 61.5 Å². The fourth-order valence-corrected chi connectivity index (χ4v) is 3.22. The Labute approximate surface area is 137 Å². The SMILES string of the molecule is CCN(CC)CCN(CC(C)C)C(=O)CCC1CCNCC1. The lowest BCUT2D eigenvalue weighted by molar-refractivity contribution is -0.132. The number of amides is 1. The van der Waals surface area contributed by atoms with Crippen molar-refractivity contribution >= 4 is 5.91 Å². The highest BCUT2D eigenvalue weighted by Gasteiger charge is 2.19. The van der Waals surface area contributed by atoms with E-state index in [-0.39, 0.29) is 0 Å². The zero-order chi connectivity index (χ0) is 16.4. The van der Waals surface area contributed by atoms with Gasteiger partial charge in [0.05, 0.1) is 0 Å². The second-order valence-corrected chi connectivity index (χ2v) is 6.99. The monoisotopic (exact) mass is 311 g/mol. The van der Waals surface area contributed by atoms with Crippen LogP contribution in [0, 0.1) is 11.8 Å². The third-order valence-corrected chi connectivity index (χ3v) is 4.74. The number of nitrogens with one attached hydrogen (secondary N) is 1. The molecule has 0 bridgehead atoms. The summed E-state index contributed by atoms with van der Waals surface area (Å²) in [6, 6.07) is 0. The molecule has 0 aromatic rings. The number of rotatable bonds is 10. The van der Waals surface area contributed by atoms with E-state index < -0.39 is 0 Å². The van der Waals surface area contributed by atoms with Crippen molar-refractivity contribution in [3.63, 3.8) is 0 Å². The van der Waals surface area contributed by atoms with Crippen LogP contribution in [-0.2, 0) is 4.79 Å². The predicted octanol–water partition coefficient (Wildman–Crippen LogP) is 2.59. The number of carbonyl (C=O) groups excluding carboxylic acids is 1. The highest BCUT2D eigenvalue weighted by molar-refractivity contribution is 5.76. The van der Waals surface area contributed by atoms with Crippen molar-refractivity contribution in [1.29, 1.82) is 0 Å². The van der Waals surface area contributed by atoms with Gasteiger partial charge < -0.3 is 15.1 Å². The van der Waals surface area contributed by atoms with Crippen molar-refractivity contribution in [2.45, 2.75) is 53.4 Å². The minimum Gasteiger partial charge on any atom is -0.341 e. The molecule has 1 aliphatic heterocycles. The second-order valence-electron chi connectivity index (χ2n) is 6.99. The zero-order valence-corrected chi connectivity index (χ0v) is 15.2. The molecule has 0 aromatic carbocycles. The average molecular weight is 312 g/mol. The van der Waals surface area contributed by atoms with Gasteiger partial charge in [0, 0.05) is 26.1 Å². The molecule has 1 saturated heterocycles. The number of hydrogen-bond donors (Lipinski definition) is 1. The molecule has 4 heteroatoms. The maximum Gasteiger partial charge on any atom is 0.222 e. The highest BCUT2D eigenvalue weighted by Crippen LogP contribution is 2.18. The van der Waals surface area contributed by atoms with Gasteiger partial charge in [-0.15, -0.1) is 0 Å². The Bertz CT molecular complexity index is 297. The Morgan fingerprint density at radius 1 is 1.14 bits per heavy atom.